The van der Waals surface area contributed by atoms with Gasteiger partial charge in [0.1, 0.15) is 11.3 Å². The van der Waals surface area contributed by atoms with Gasteiger partial charge in [-0.05, 0) is 67.6 Å². The summed E-state index contributed by atoms with van der Waals surface area (Å²) in [4.78, 5) is 1.62. The van der Waals surface area contributed by atoms with Crippen molar-refractivity contribution in [2.24, 2.45) is 0 Å². The number of furan rings is 1. The zero-order valence-electron chi connectivity index (χ0n) is 14.3. The lowest BCUT2D eigenvalue weighted by atomic mass is 9.84. The Hall–Kier alpha value is -1.39. The summed E-state index contributed by atoms with van der Waals surface area (Å²) in [6.45, 7) is 1.91. The van der Waals surface area contributed by atoms with Crippen LogP contribution in [0.15, 0.2) is 61.1 Å². The standard InChI is InChI=1S/C21H21BrO2S/c1-14-21(25(23)18-10-8-17(22)9-11-18)19-13-16(7-12-20(19)24-14)15-5-3-2-4-6-15/h7-13,15H,2-6H2,1H3/t25-/m0/s1. The number of hydrogen-bond donors (Lipinski definition) is 0. The first kappa shape index (κ1) is 17.0. The van der Waals surface area contributed by atoms with Crippen molar-refractivity contribution in [1.29, 1.82) is 0 Å². The van der Waals surface area contributed by atoms with E-state index in [1.807, 2.05) is 31.2 Å². The summed E-state index contributed by atoms with van der Waals surface area (Å²) in [6, 6.07) is 14.1. The Morgan fingerprint density at radius 1 is 1.04 bits per heavy atom. The van der Waals surface area contributed by atoms with E-state index < -0.39 is 10.8 Å². The first-order chi connectivity index (χ1) is 12.1. The van der Waals surface area contributed by atoms with Crippen molar-refractivity contribution in [3.05, 3.63) is 58.3 Å². The molecule has 1 atom stereocenters. The second-order valence-electron chi connectivity index (χ2n) is 6.80. The minimum absolute atomic E-state index is 0.627. The molecule has 0 amide bonds. The Bertz CT molecular complexity index is 921. The zero-order valence-corrected chi connectivity index (χ0v) is 16.7. The smallest absolute Gasteiger partial charge is 0.135 e. The average molecular weight is 417 g/mol. The minimum atomic E-state index is -1.24. The number of halogens is 1. The molecule has 1 aromatic heterocycles. The summed E-state index contributed by atoms with van der Waals surface area (Å²) < 4.78 is 20.1. The van der Waals surface area contributed by atoms with Crippen LogP contribution in [0.25, 0.3) is 11.0 Å². The molecule has 1 aliphatic carbocycles. The molecule has 1 fully saturated rings. The van der Waals surface area contributed by atoms with Crippen LogP contribution in [0.2, 0.25) is 0 Å². The third-order valence-electron chi connectivity index (χ3n) is 5.12. The number of fused-ring (bicyclic) bond motifs is 1. The van der Waals surface area contributed by atoms with Crippen molar-refractivity contribution in [3.63, 3.8) is 0 Å². The molecule has 1 saturated carbocycles. The molecule has 0 aliphatic heterocycles. The lowest BCUT2D eigenvalue weighted by Crippen LogP contribution is -2.04. The highest BCUT2D eigenvalue weighted by atomic mass is 79.9. The van der Waals surface area contributed by atoms with Gasteiger partial charge >= 0.3 is 0 Å². The predicted octanol–water partition coefficient (Wildman–Crippen LogP) is 6.72. The van der Waals surface area contributed by atoms with Crippen molar-refractivity contribution in [3.8, 4) is 0 Å². The van der Waals surface area contributed by atoms with Crippen LogP contribution in [0, 0.1) is 6.92 Å². The fourth-order valence-electron chi connectivity index (χ4n) is 3.81. The number of rotatable bonds is 3. The van der Waals surface area contributed by atoms with Crippen LogP contribution in [0.4, 0.5) is 0 Å². The molecule has 0 spiro atoms. The topological polar surface area (TPSA) is 30.2 Å². The Kier molecular flexibility index (Phi) is 4.83. The number of aryl methyl sites for hydroxylation is 1. The van der Waals surface area contributed by atoms with E-state index in [9.17, 15) is 4.21 Å². The van der Waals surface area contributed by atoms with E-state index in [0.29, 0.717) is 5.92 Å². The maximum Gasteiger partial charge on any atom is 0.135 e. The Morgan fingerprint density at radius 2 is 1.76 bits per heavy atom. The Balaban J connectivity index is 1.78. The molecular weight excluding hydrogens is 396 g/mol. The van der Waals surface area contributed by atoms with Gasteiger partial charge < -0.3 is 4.42 Å². The van der Waals surface area contributed by atoms with Gasteiger partial charge in [-0.15, -0.1) is 0 Å². The SMILES string of the molecule is Cc1oc2ccc(C3CCCCC3)cc2c1[S@@](=O)c1ccc(Br)cc1. The van der Waals surface area contributed by atoms with Gasteiger partial charge in [-0.1, -0.05) is 41.3 Å². The van der Waals surface area contributed by atoms with Crippen LogP contribution in [0.5, 0.6) is 0 Å². The van der Waals surface area contributed by atoms with Gasteiger partial charge in [-0.25, -0.2) is 4.21 Å². The van der Waals surface area contributed by atoms with Crippen LogP contribution in [-0.2, 0) is 10.8 Å². The van der Waals surface area contributed by atoms with E-state index in [0.717, 1.165) is 31.0 Å². The molecule has 0 unspecified atom stereocenters. The summed E-state index contributed by atoms with van der Waals surface area (Å²) >= 11 is 3.43. The van der Waals surface area contributed by atoms with Gasteiger partial charge in [-0.3, -0.25) is 0 Å². The van der Waals surface area contributed by atoms with Crippen molar-refractivity contribution in [2.45, 2.75) is 54.7 Å². The second kappa shape index (κ2) is 7.08. The Labute approximate surface area is 159 Å². The molecule has 1 aliphatic rings. The normalized spacial score (nSPS) is 17.0. The molecule has 0 N–H and O–H groups in total. The van der Waals surface area contributed by atoms with Gasteiger partial charge in [0.25, 0.3) is 0 Å². The van der Waals surface area contributed by atoms with E-state index in [2.05, 4.69) is 34.1 Å². The molecular formula is C21H21BrO2S. The fraction of sp³-hybridized carbons (Fsp3) is 0.333. The molecule has 3 aromatic rings. The minimum Gasteiger partial charge on any atom is -0.460 e. The first-order valence-electron chi connectivity index (χ1n) is 8.84. The molecule has 25 heavy (non-hydrogen) atoms. The third-order valence-corrected chi connectivity index (χ3v) is 7.23. The van der Waals surface area contributed by atoms with Crippen LogP contribution in [0.1, 0.15) is 49.3 Å². The molecule has 2 nitrogen and oxygen atoms in total. The first-order valence-corrected chi connectivity index (χ1v) is 10.8. The summed E-state index contributed by atoms with van der Waals surface area (Å²) in [5, 5.41) is 1.00. The molecule has 4 heteroatoms. The van der Waals surface area contributed by atoms with Crippen LogP contribution in [-0.4, -0.2) is 4.21 Å². The lowest BCUT2D eigenvalue weighted by Gasteiger charge is -2.21. The summed E-state index contributed by atoms with van der Waals surface area (Å²) in [5.41, 5.74) is 2.19. The van der Waals surface area contributed by atoms with Crippen LogP contribution < -0.4 is 0 Å². The maximum atomic E-state index is 13.2. The molecule has 130 valence electrons. The largest absolute Gasteiger partial charge is 0.460 e. The highest BCUT2D eigenvalue weighted by Crippen LogP contribution is 2.37. The number of benzene rings is 2. The van der Waals surface area contributed by atoms with Gasteiger partial charge in [0.05, 0.1) is 15.7 Å². The second-order valence-corrected chi connectivity index (χ2v) is 9.13. The molecule has 0 radical (unpaired) electrons. The van der Waals surface area contributed by atoms with Gasteiger partial charge in [-0.2, -0.15) is 0 Å². The lowest BCUT2D eigenvalue weighted by molar-refractivity contribution is 0.444. The van der Waals surface area contributed by atoms with E-state index in [1.54, 1.807) is 0 Å². The third kappa shape index (κ3) is 3.34. The average Bonchev–Trinajstić information content (AvgIpc) is 2.97. The van der Waals surface area contributed by atoms with Gasteiger partial charge in [0.2, 0.25) is 0 Å². The monoisotopic (exact) mass is 416 g/mol. The Morgan fingerprint density at radius 3 is 2.48 bits per heavy atom. The molecule has 4 rings (SSSR count). The van der Waals surface area contributed by atoms with E-state index >= 15 is 0 Å². The van der Waals surface area contributed by atoms with Crippen molar-refractivity contribution >= 4 is 37.7 Å². The van der Waals surface area contributed by atoms with E-state index in [4.69, 9.17) is 4.42 Å². The number of hydrogen-bond acceptors (Lipinski definition) is 2. The molecule has 2 aromatic carbocycles. The maximum absolute atomic E-state index is 13.2. The molecule has 0 saturated heterocycles. The zero-order chi connectivity index (χ0) is 17.4. The summed E-state index contributed by atoms with van der Waals surface area (Å²) in [6.07, 6.45) is 6.49. The molecule has 1 heterocycles. The van der Waals surface area contributed by atoms with E-state index in [1.165, 1.54) is 37.7 Å². The van der Waals surface area contributed by atoms with Gasteiger partial charge in [0.15, 0.2) is 0 Å². The predicted molar refractivity (Wildman–Crippen MR) is 106 cm³/mol. The van der Waals surface area contributed by atoms with E-state index in [-0.39, 0.29) is 0 Å². The van der Waals surface area contributed by atoms with Crippen molar-refractivity contribution in [2.75, 3.05) is 0 Å². The van der Waals surface area contributed by atoms with Gasteiger partial charge in [0, 0.05) is 14.8 Å². The van der Waals surface area contributed by atoms with Crippen molar-refractivity contribution < 1.29 is 8.63 Å². The summed E-state index contributed by atoms with van der Waals surface area (Å²) in [5.74, 6) is 1.37. The fourth-order valence-corrected chi connectivity index (χ4v) is 5.36. The highest BCUT2D eigenvalue weighted by Gasteiger charge is 2.21. The highest BCUT2D eigenvalue weighted by molar-refractivity contribution is 9.10. The van der Waals surface area contributed by atoms with Crippen LogP contribution >= 0.6 is 15.9 Å². The van der Waals surface area contributed by atoms with Crippen LogP contribution in [0.3, 0.4) is 0 Å². The quantitative estimate of drug-likeness (QED) is 0.474. The van der Waals surface area contributed by atoms with Crippen molar-refractivity contribution in [1.82, 2.24) is 0 Å². The molecule has 0 bridgehead atoms. The summed E-state index contributed by atoms with van der Waals surface area (Å²) in [7, 11) is -1.24.